The number of benzene rings is 1. The fourth-order valence-electron chi connectivity index (χ4n) is 4.88. The second kappa shape index (κ2) is 9.73. The molecule has 2 fully saturated rings. The number of aryl methyl sites for hydroxylation is 1. The van der Waals surface area contributed by atoms with E-state index < -0.39 is 0 Å². The molecule has 0 unspecified atom stereocenters. The van der Waals surface area contributed by atoms with Crippen LogP contribution < -0.4 is 10.2 Å². The van der Waals surface area contributed by atoms with Crippen molar-refractivity contribution in [3.63, 3.8) is 0 Å². The Morgan fingerprint density at radius 2 is 1.71 bits per heavy atom. The van der Waals surface area contributed by atoms with Crippen molar-refractivity contribution in [3.05, 3.63) is 47.5 Å². The van der Waals surface area contributed by atoms with Crippen LogP contribution in [0.3, 0.4) is 0 Å². The van der Waals surface area contributed by atoms with Crippen molar-refractivity contribution >= 4 is 28.1 Å². The van der Waals surface area contributed by atoms with Crippen LogP contribution >= 0.6 is 0 Å². The largest absolute Gasteiger partial charge is 0.356 e. The van der Waals surface area contributed by atoms with Gasteiger partial charge in [-0.25, -0.2) is 4.98 Å². The highest BCUT2D eigenvalue weighted by Gasteiger charge is 2.25. The van der Waals surface area contributed by atoms with Gasteiger partial charge in [0.25, 0.3) is 0 Å². The van der Waals surface area contributed by atoms with Gasteiger partial charge in [-0.15, -0.1) is 0 Å². The minimum Gasteiger partial charge on any atom is -0.356 e. The van der Waals surface area contributed by atoms with E-state index in [9.17, 15) is 0 Å². The first-order chi connectivity index (χ1) is 15.0. The average Bonchev–Trinajstić information content (AvgIpc) is 2.78. The first-order valence-electron chi connectivity index (χ1n) is 11.7. The summed E-state index contributed by atoms with van der Waals surface area (Å²) < 4.78 is 0. The average molecular weight is 418 g/mol. The number of rotatable bonds is 6. The smallest absolute Gasteiger partial charge is 0.138 e. The molecular weight excluding hydrogens is 382 g/mol. The summed E-state index contributed by atoms with van der Waals surface area (Å²) in [5, 5.41) is 21.3. The standard InChI is InChI=1S/C26H35N5/c1-18-8-11-25-20(16-18)17-23(24(28)10-9-19(2)27)26(30-25)31-14-12-22(13-15-31)29-21-6-4-3-5-7-21/h8-11,16-17,21-22,27-29H,3-7,12-15H2,1-2H3/b10-9-,27-19?,28-24?. The Labute approximate surface area is 186 Å². The molecule has 1 saturated heterocycles. The molecule has 1 aromatic heterocycles. The summed E-state index contributed by atoms with van der Waals surface area (Å²) >= 11 is 0. The molecule has 1 aromatic carbocycles. The van der Waals surface area contributed by atoms with Crippen molar-refractivity contribution in [3.8, 4) is 0 Å². The number of pyridine rings is 1. The third-order valence-electron chi connectivity index (χ3n) is 6.61. The van der Waals surface area contributed by atoms with Crippen molar-refractivity contribution in [2.24, 2.45) is 0 Å². The summed E-state index contributed by atoms with van der Waals surface area (Å²) in [6.07, 6.45) is 12.4. The first-order valence-corrected chi connectivity index (χ1v) is 11.7. The first kappa shape index (κ1) is 21.7. The van der Waals surface area contributed by atoms with Crippen LogP contribution in [0.25, 0.3) is 10.9 Å². The SMILES string of the molecule is CC(=N)/C=C\C(=N)c1cc2cc(C)ccc2nc1N1CCC(NC2CCCCC2)CC1. The van der Waals surface area contributed by atoms with Crippen LogP contribution in [-0.2, 0) is 0 Å². The van der Waals surface area contributed by atoms with Crippen LogP contribution in [0.5, 0.6) is 0 Å². The van der Waals surface area contributed by atoms with Gasteiger partial charge in [-0.3, -0.25) is 0 Å². The number of anilines is 1. The molecule has 2 aliphatic rings. The predicted octanol–water partition coefficient (Wildman–Crippen LogP) is 5.40. The van der Waals surface area contributed by atoms with Gasteiger partial charge in [0, 0.05) is 41.8 Å². The molecule has 0 spiro atoms. The van der Waals surface area contributed by atoms with Crippen LogP contribution in [0.2, 0.25) is 0 Å². The van der Waals surface area contributed by atoms with Gasteiger partial charge in [-0.2, -0.15) is 0 Å². The van der Waals surface area contributed by atoms with Gasteiger partial charge >= 0.3 is 0 Å². The molecule has 5 nitrogen and oxygen atoms in total. The molecule has 0 atom stereocenters. The van der Waals surface area contributed by atoms with Crippen LogP contribution in [0.1, 0.15) is 63.0 Å². The van der Waals surface area contributed by atoms with Gasteiger partial charge in [-0.1, -0.05) is 30.9 Å². The van der Waals surface area contributed by atoms with E-state index in [1.54, 1.807) is 19.1 Å². The number of hydrogen-bond donors (Lipinski definition) is 3. The summed E-state index contributed by atoms with van der Waals surface area (Å²) in [5.74, 6) is 0.907. The molecule has 1 aliphatic heterocycles. The Kier molecular flexibility index (Phi) is 6.81. The topological polar surface area (TPSA) is 75.9 Å². The molecule has 0 amide bonds. The minimum atomic E-state index is 0.417. The van der Waals surface area contributed by atoms with Gasteiger partial charge in [0.1, 0.15) is 5.82 Å². The number of hydrogen-bond acceptors (Lipinski definition) is 5. The van der Waals surface area contributed by atoms with Crippen LogP contribution in [0.15, 0.2) is 36.4 Å². The summed E-state index contributed by atoms with van der Waals surface area (Å²) in [6, 6.07) is 9.70. The zero-order valence-corrected chi connectivity index (χ0v) is 18.9. The maximum absolute atomic E-state index is 8.66. The summed E-state index contributed by atoms with van der Waals surface area (Å²) in [7, 11) is 0. The van der Waals surface area contributed by atoms with E-state index in [1.807, 2.05) is 0 Å². The second-order valence-corrected chi connectivity index (χ2v) is 9.25. The number of fused-ring (bicyclic) bond motifs is 1. The van der Waals surface area contributed by atoms with Crippen LogP contribution in [-0.4, -0.2) is 41.6 Å². The van der Waals surface area contributed by atoms with E-state index in [1.165, 1.54) is 37.7 Å². The van der Waals surface area contributed by atoms with Gasteiger partial charge in [0.05, 0.1) is 11.2 Å². The Morgan fingerprint density at radius 1 is 1.00 bits per heavy atom. The summed E-state index contributed by atoms with van der Waals surface area (Å²) in [6.45, 7) is 5.74. The molecule has 1 aliphatic carbocycles. The molecule has 2 heterocycles. The van der Waals surface area contributed by atoms with Gasteiger partial charge < -0.3 is 21.0 Å². The third kappa shape index (κ3) is 5.40. The molecule has 0 bridgehead atoms. The lowest BCUT2D eigenvalue weighted by molar-refractivity contribution is 0.307. The predicted molar refractivity (Wildman–Crippen MR) is 131 cm³/mol. The number of nitrogens with one attached hydrogen (secondary N) is 3. The van der Waals surface area contributed by atoms with E-state index in [0.717, 1.165) is 48.2 Å². The number of piperidine rings is 1. The van der Waals surface area contributed by atoms with Gasteiger partial charge in [0.2, 0.25) is 0 Å². The van der Waals surface area contributed by atoms with Crippen molar-refractivity contribution in [2.75, 3.05) is 18.0 Å². The molecule has 0 radical (unpaired) electrons. The van der Waals surface area contributed by atoms with Crippen molar-refractivity contribution in [1.29, 1.82) is 10.8 Å². The van der Waals surface area contributed by atoms with Crippen molar-refractivity contribution in [1.82, 2.24) is 10.3 Å². The van der Waals surface area contributed by atoms with E-state index in [4.69, 9.17) is 15.8 Å². The molecular formula is C26H35N5. The normalized spacial score (nSPS) is 18.7. The molecule has 164 valence electrons. The zero-order valence-electron chi connectivity index (χ0n) is 18.9. The van der Waals surface area contributed by atoms with Crippen LogP contribution in [0, 0.1) is 17.7 Å². The molecule has 1 saturated carbocycles. The molecule has 2 aromatic rings. The van der Waals surface area contributed by atoms with Crippen molar-refractivity contribution < 1.29 is 0 Å². The third-order valence-corrected chi connectivity index (χ3v) is 6.61. The monoisotopic (exact) mass is 417 g/mol. The quantitative estimate of drug-likeness (QED) is 0.551. The lowest BCUT2D eigenvalue weighted by atomic mass is 9.93. The highest BCUT2D eigenvalue weighted by atomic mass is 15.2. The fourth-order valence-corrected chi connectivity index (χ4v) is 4.88. The molecule has 3 N–H and O–H groups in total. The Bertz CT molecular complexity index is 979. The number of nitrogens with zero attached hydrogens (tertiary/aromatic N) is 2. The van der Waals surface area contributed by atoms with Gasteiger partial charge in [-0.05, 0) is 69.9 Å². The number of allylic oxidation sites excluding steroid dienone is 2. The summed E-state index contributed by atoms with van der Waals surface area (Å²) in [5.41, 5.74) is 3.89. The maximum Gasteiger partial charge on any atom is 0.138 e. The highest BCUT2D eigenvalue weighted by Crippen LogP contribution is 2.28. The number of aromatic nitrogens is 1. The van der Waals surface area contributed by atoms with E-state index in [-0.39, 0.29) is 0 Å². The highest BCUT2D eigenvalue weighted by molar-refractivity contribution is 6.13. The Hall–Kier alpha value is -2.53. The molecule has 31 heavy (non-hydrogen) atoms. The molecule has 4 rings (SSSR count). The van der Waals surface area contributed by atoms with Crippen LogP contribution in [0.4, 0.5) is 5.82 Å². The zero-order chi connectivity index (χ0) is 21.8. The fraction of sp³-hybridized carbons (Fsp3) is 0.500. The van der Waals surface area contributed by atoms with E-state index in [2.05, 4.69) is 41.4 Å². The lowest BCUT2D eigenvalue weighted by Crippen LogP contribution is -2.47. The maximum atomic E-state index is 8.66. The summed E-state index contributed by atoms with van der Waals surface area (Å²) in [4.78, 5) is 7.36. The van der Waals surface area contributed by atoms with Crippen molar-refractivity contribution in [2.45, 2.75) is 70.9 Å². The minimum absolute atomic E-state index is 0.417. The Morgan fingerprint density at radius 3 is 2.42 bits per heavy atom. The van der Waals surface area contributed by atoms with E-state index >= 15 is 0 Å². The lowest BCUT2D eigenvalue weighted by Gasteiger charge is -2.37. The second-order valence-electron chi connectivity index (χ2n) is 9.25. The van der Waals surface area contributed by atoms with Gasteiger partial charge in [0.15, 0.2) is 0 Å². The molecule has 5 heteroatoms. The van der Waals surface area contributed by atoms with E-state index in [0.29, 0.717) is 23.5 Å². The Balaban J connectivity index is 1.55.